The van der Waals surface area contributed by atoms with Crippen LogP contribution in [0.15, 0.2) is 18.2 Å². The molecule has 0 aliphatic rings. The second-order valence-corrected chi connectivity index (χ2v) is 5.15. The molecule has 0 spiro atoms. The highest BCUT2D eigenvalue weighted by molar-refractivity contribution is 6.30. The van der Waals surface area contributed by atoms with E-state index in [1.807, 2.05) is 20.8 Å². The summed E-state index contributed by atoms with van der Waals surface area (Å²) < 4.78 is 0. The smallest absolute Gasteiger partial charge is 0.227 e. The van der Waals surface area contributed by atoms with E-state index in [1.165, 1.54) is 0 Å². The van der Waals surface area contributed by atoms with Gasteiger partial charge in [-0.05, 0) is 24.1 Å². The molecule has 1 aromatic carbocycles. The Morgan fingerprint density at radius 3 is 2.68 bits per heavy atom. The van der Waals surface area contributed by atoms with Crippen molar-refractivity contribution in [3.8, 4) is 11.8 Å². The summed E-state index contributed by atoms with van der Waals surface area (Å²) in [5, 5.41) is 3.47. The molecule has 0 saturated carbocycles. The van der Waals surface area contributed by atoms with Crippen LogP contribution in [0.2, 0.25) is 5.02 Å². The zero-order chi connectivity index (χ0) is 14.4. The highest BCUT2D eigenvalue weighted by Crippen LogP contribution is 2.21. The number of halogens is 1. The topological polar surface area (TPSA) is 55.1 Å². The van der Waals surface area contributed by atoms with Crippen LogP contribution in [-0.2, 0) is 4.79 Å². The molecule has 1 atom stereocenters. The molecule has 19 heavy (non-hydrogen) atoms. The molecule has 3 nitrogen and oxygen atoms in total. The third kappa shape index (κ3) is 4.59. The van der Waals surface area contributed by atoms with E-state index in [-0.39, 0.29) is 24.3 Å². The minimum Gasteiger partial charge on any atom is -0.325 e. The predicted octanol–water partition coefficient (Wildman–Crippen LogP) is 2.88. The second-order valence-electron chi connectivity index (χ2n) is 4.72. The van der Waals surface area contributed by atoms with Crippen LogP contribution in [0.5, 0.6) is 0 Å². The standard InChI is InChI=1S/C15H19ClN2O/c1-10(2)11(3)15(19)18-14-7-6-13(16)9-12(14)5-4-8-17/h6-7,9-11H,8,17H2,1-3H3,(H,18,19). The molecule has 1 aromatic rings. The second kappa shape index (κ2) is 7.18. The number of rotatable bonds is 3. The molecule has 0 fully saturated rings. The first kappa shape index (κ1) is 15.6. The summed E-state index contributed by atoms with van der Waals surface area (Å²) in [6.45, 7) is 6.20. The van der Waals surface area contributed by atoms with Gasteiger partial charge in [-0.3, -0.25) is 4.79 Å². The van der Waals surface area contributed by atoms with Crippen LogP contribution in [0.4, 0.5) is 5.69 Å². The van der Waals surface area contributed by atoms with Gasteiger partial charge in [0.2, 0.25) is 5.91 Å². The number of amides is 1. The van der Waals surface area contributed by atoms with Crippen molar-refractivity contribution in [1.82, 2.24) is 0 Å². The molecule has 0 aliphatic carbocycles. The van der Waals surface area contributed by atoms with Gasteiger partial charge < -0.3 is 11.1 Å². The lowest BCUT2D eigenvalue weighted by atomic mass is 9.97. The molecular weight excluding hydrogens is 260 g/mol. The molecule has 0 radical (unpaired) electrons. The Labute approximate surface area is 119 Å². The number of nitrogens with one attached hydrogen (secondary N) is 1. The Morgan fingerprint density at radius 2 is 2.11 bits per heavy atom. The molecule has 3 N–H and O–H groups in total. The van der Waals surface area contributed by atoms with E-state index in [0.717, 1.165) is 0 Å². The third-order valence-corrected chi connectivity index (χ3v) is 3.21. The first-order valence-corrected chi connectivity index (χ1v) is 6.62. The fourth-order valence-corrected chi connectivity index (χ4v) is 1.60. The van der Waals surface area contributed by atoms with E-state index in [1.54, 1.807) is 18.2 Å². The van der Waals surface area contributed by atoms with E-state index in [2.05, 4.69) is 17.2 Å². The first-order valence-electron chi connectivity index (χ1n) is 6.25. The Balaban J connectivity index is 2.97. The lowest BCUT2D eigenvalue weighted by molar-refractivity contribution is -0.120. The lowest BCUT2D eigenvalue weighted by Crippen LogP contribution is -2.24. The molecule has 1 rings (SSSR count). The number of nitrogens with two attached hydrogens (primary N) is 1. The van der Waals surface area contributed by atoms with Crippen LogP contribution in [0.3, 0.4) is 0 Å². The van der Waals surface area contributed by atoms with Crippen molar-refractivity contribution in [2.45, 2.75) is 20.8 Å². The van der Waals surface area contributed by atoms with Crippen LogP contribution in [-0.4, -0.2) is 12.5 Å². The van der Waals surface area contributed by atoms with Gasteiger partial charge >= 0.3 is 0 Å². The van der Waals surface area contributed by atoms with Gasteiger partial charge in [0.05, 0.1) is 12.2 Å². The molecule has 102 valence electrons. The zero-order valence-corrected chi connectivity index (χ0v) is 12.2. The molecule has 1 unspecified atom stereocenters. The summed E-state index contributed by atoms with van der Waals surface area (Å²) >= 11 is 5.93. The summed E-state index contributed by atoms with van der Waals surface area (Å²) in [5.41, 5.74) is 6.71. The van der Waals surface area contributed by atoms with E-state index in [4.69, 9.17) is 17.3 Å². The number of benzene rings is 1. The maximum Gasteiger partial charge on any atom is 0.227 e. The van der Waals surface area contributed by atoms with Crippen molar-refractivity contribution in [2.75, 3.05) is 11.9 Å². The van der Waals surface area contributed by atoms with Gasteiger partial charge in [0.1, 0.15) is 0 Å². The highest BCUT2D eigenvalue weighted by atomic mass is 35.5. The van der Waals surface area contributed by atoms with Crippen LogP contribution < -0.4 is 11.1 Å². The van der Waals surface area contributed by atoms with E-state index < -0.39 is 0 Å². The SMILES string of the molecule is CC(C)C(C)C(=O)Nc1ccc(Cl)cc1C#CCN. The lowest BCUT2D eigenvalue weighted by Gasteiger charge is -2.16. The van der Waals surface area contributed by atoms with Crippen LogP contribution in [0.1, 0.15) is 26.3 Å². The fraction of sp³-hybridized carbons (Fsp3) is 0.400. The maximum atomic E-state index is 12.0. The Hall–Kier alpha value is -1.50. The average Bonchev–Trinajstić information content (AvgIpc) is 2.37. The van der Waals surface area contributed by atoms with E-state index in [0.29, 0.717) is 16.3 Å². The average molecular weight is 279 g/mol. The van der Waals surface area contributed by atoms with Crippen LogP contribution in [0.25, 0.3) is 0 Å². The summed E-state index contributed by atoms with van der Waals surface area (Å²) in [6.07, 6.45) is 0. The largest absolute Gasteiger partial charge is 0.325 e. The molecule has 0 aliphatic heterocycles. The van der Waals surface area contributed by atoms with Gasteiger partial charge in [-0.15, -0.1) is 0 Å². The minimum atomic E-state index is -0.0639. The number of hydrogen-bond donors (Lipinski definition) is 2. The quantitative estimate of drug-likeness (QED) is 0.836. The fourth-order valence-electron chi connectivity index (χ4n) is 1.42. The van der Waals surface area contributed by atoms with Crippen molar-refractivity contribution < 1.29 is 4.79 Å². The third-order valence-electron chi connectivity index (χ3n) is 2.98. The Kier molecular flexibility index (Phi) is 5.88. The van der Waals surface area contributed by atoms with Gasteiger partial charge in [-0.1, -0.05) is 44.2 Å². The molecule has 0 saturated heterocycles. The summed E-state index contributed by atoms with van der Waals surface area (Å²) in [6, 6.07) is 5.21. The minimum absolute atomic E-state index is 0.0203. The molecule has 4 heteroatoms. The Bertz CT molecular complexity index is 515. The van der Waals surface area contributed by atoms with Gasteiger partial charge in [-0.2, -0.15) is 0 Å². The van der Waals surface area contributed by atoms with Gasteiger partial charge in [-0.25, -0.2) is 0 Å². The number of hydrogen-bond acceptors (Lipinski definition) is 2. The monoisotopic (exact) mass is 278 g/mol. The normalized spacial score (nSPS) is 11.7. The predicted molar refractivity (Wildman–Crippen MR) is 80.0 cm³/mol. The van der Waals surface area contributed by atoms with Gasteiger partial charge in [0.25, 0.3) is 0 Å². The summed E-state index contributed by atoms with van der Waals surface area (Å²) in [5.74, 6) is 5.88. The van der Waals surface area contributed by atoms with Crippen molar-refractivity contribution in [2.24, 2.45) is 17.6 Å². The highest BCUT2D eigenvalue weighted by Gasteiger charge is 2.17. The summed E-state index contributed by atoms with van der Waals surface area (Å²) in [7, 11) is 0. The van der Waals surface area contributed by atoms with Gasteiger partial charge in [0, 0.05) is 16.5 Å². The zero-order valence-electron chi connectivity index (χ0n) is 11.5. The van der Waals surface area contributed by atoms with E-state index >= 15 is 0 Å². The van der Waals surface area contributed by atoms with Crippen molar-refractivity contribution >= 4 is 23.2 Å². The van der Waals surface area contributed by atoms with Crippen molar-refractivity contribution in [1.29, 1.82) is 0 Å². The van der Waals surface area contributed by atoms with Crippen LogP contribution in [0, 0.1) is 23.7 Å². The maximum absolute atomic E-state index is 12.0. The molecule has 1 amide bonds. The molecule has 0 bridgehead atoms. The summed E-state index contributed by atoms with van der Waals surface area (Å²) in [4.78, 5) is 12.0. The first-order chi connectivity index (χ1) is 8.95. The van der Waals surface area contributed by atoms with Crippen molar-refractivity contribution in [3.05, 3.63) is 28.8 Å². The molecule has 0 aromatic heterocycles. The van der Waals surface area contributed by atoms with E-state index in [9.17, 15) is 4.79 Å². The number of carbonyl (C=O) groups is 1. The van der Waals surface area contributed by atoms with Gasteiger partial charge in [0.15, 0.2) is 0 Å². The number of carbonyl (C=O) groups excluding carboxylic acids is 1. The number of anilines is 1. The van der Waals surface area contributed by atoms with Crippen molar-refractivity contribution in [3.63, 3.8) is 0 Å². The van der Waals surface area contributed by atoms with Crippen LogP contribution >= 0.6 is 11.6 Å². The molecular formula is C15H19ClN2O. The Morgan fingerprint density at radius 1 is 1.42 bits per heavy atom. The molecule has 0 heterocycles.